The fourth-order valence-electron chi connectivity index (χ4n) is 1.75. The van der Waals surface area contributed by atoms with Crippen LogP contribution in [0.1, 0.15) is 0 Å². The molecule has 2 N–H and O–H groups in total. The quantitative estimate of drug-likeness (QED) is 0.857. The second-order valence-corrected chi connectivity index (χ2v) is 5.08. The second-order valence-electron chi connectivity index (χ2n) is 4.08. The lowest BCUT2D eigenvalue weighted by molar-refractivity contribution is -0.115. The average molecular weight is 289 g/mol. The van der Waals surface area contributed by atoms with Gasteiger partial charge in [-0.3, -0.25) is 4.79 Å². The zero-order valence-electron chi connectivity index (χ0n) is 10.4. The standard InChI is InChI=1S/C13H11N3O3S/c14-12(17)6-20-13-4-2-9(15-16-13)8-1-3-10-11(5-8)19-7-18-10/h1-5H,6-7H2,(H2,14,17). The van der Waals surface area contributed by atoms with Crippen molar-refractivity contribution in [2.45, 2.75) is 5.03 Å². The van der Waals surface area contributed by atoms with Crippen molar-refractivity contribution in [3.63, 3.8) is 0 Å². The summed E-state index contributed by atoms with van der Waals surface area (Å²) in [4.78, 5) is 10.7. The van der Waals surface area contributed by atoms with Crippen molar-refractivity contribution in [2.24, 2.45) is 5.73 Å². The van der Waals surface area contributed by atoms with Crippen LogP contribution in [0.15, 0.2) is 35.4 Å². The number of rotatable bonds is 4. The number of thioether (sulfide) groups is 1. The van der Waals surface area contributed by atoms with Gasteiger partial charge in [0.2, 0.25) is 12.7 Å². The molecule has 0 bridgehead atoms. The Kier molecular flexibility index (Phi) is 3.42. The van der Waals surface area contributed by atoms with Gasteiger partial charge < -0.3 is 15.2 Å². The SMILES string of the molecule is NC(=O)CSc1ccc(-c2ccc3c(c2)OCO3)nn1. The molecule has 1 aliphatic heterocycles. The zero-order valence-corrected chi connectivity index (χ0v) is 11.2. The van der Waals surface area contributed by atoms with Gasteiger partial charge in [-0.1, -0.05) is 11.8 Å². The van der Waals surface area contributed by atoms with E-state index in [1.165, 1.54) is 11.8 Å². The van der Waals surface area contributed by atoms with Crippen LogP contribution in [0.3, 0.4) is 0 Å². The molecule has 20 heavy (non-hydrogen) atoms. The summed E-state index contributed by atoms with van der Waals surface area (Å²) in [6, 6.07) is 9.25. The predicted molar refractivity (Wildman–Crippen MR) is 73.5 cm³/mol. The fourth-order valence-corrected chi connectivity index (χ4v) is 2.30. The van der Waals surface area contributed by atoms with E-state index in [1.807, 2.05) is 24.3 Å². The van der Waals surface area contributed by atoms with E-state index in [0.717, 1.165) is 17.0 Å². The normalized spacial score (nSPS) is 12.4. The van der Waals surface area contributed by atoms with Gasteiger partial charge in [0.05, 0.1) is 11.4 Å². The van der Waals surface area contributed by atoms with Crippen molar-refractivity contribution in [3.05, 3.63) is 30.3 Å². The number of hydrogen-bond donors (Lipinski definition) is 1. The van der Waals surface area contributed by atoms with Crippen LogP contribution in [0.4, 0.5) is 0 Å². The molecule has 0 fully saturated rings. The van der Waals surface area contributed by atoms with Crippen molar-refractivity contribution in [1.29, 1.82) is 0 Å². The molecule has 0 unspecified atom stereocenters. The zero-order chi connectivity index (χ0) is 13.9. The number of amides is 1. The number of ether oxygens (including phenoxy) is 2. The molecule has 0 spiro atoms. The van der Waals surface area contributed by atoms with Gasteiger partial charge in [0.15, 0.2) is 11.5 Å². The Morgan fingerprint density at radius 2 is 2.05 bits per heavy atom. The van der Waals surface area contributed by atoms with Gasteiger partial charge in [-0.2, -0.15) is 0 Å². The Bertz CT molecular complexity index is 646. The molecule has 0 radical (unpaired) electrons. The molecule has 6 nitrogen and oxygen atoms in total. The predicted octanol–water partition coefficient (Wildman–Crippen LogP) is 1.45. The lowest BCUT2D eigenvalue weighted by Gasteiger charge is -2.03. The van der Waals surface area contributed by atoms with Crippen molar-refractivity contribution in [1.82, 2.24) is 10.2 Å². The highest BCUT2D eigenvalue weighted by Crippen LogP contribution is 2.35. The van der Waals surface area contributed by atoms with Gasteiger partial charge in [0.25, 0.3) is 0 Å². The summed E-state index contributed by atoms with van der Waals surface area (Å²) in [5.74, 6) is 1.25. The van der Waals surface area contributed by atoms with Gasteiger partial charge in [0, 0.05) is 5.56 Å². The molecule has 0 saturated carbocycles. The van der Waals surface area contributed by atoms with Crippen LogP contribution in [-0.4, -0.2) is 28.7 Å². The van der Waals surface area contributed by atoms with Crippen LogP contribution in [-0.2, 0) is 4.79 Å². The minimum atomic E-state index is -0.378. The lowest BCUT2D eigenvalue weighted by atomic mass is 10.1. The van der Waals surface area contributed by atoms with Gasteiger partial charge in [-0.05, 0) is 30.3 Å². The van der Waals surface area contributed by atoms with Gasteiger partial charge in [0.1, 0.15) is 5.03 Å². The Morgan fingerprint density at radius 1 is 1.20 bits per heavy atom. The summed E-state index contributed by atoms with van der Waals surface area (Å²) in [6.07, 6.45) is 0. The van der Waals surface area contributed by atoms with Crippen molar-refractivity contribution in [3.8, 4) is 22.8 Å². The van der Waals surface area contributed by atoms with Crippen molar-refractivity contribution < 1.29 is 14.3 Å². The molecule has 102 valence electrons. The topological polar surface area (TPSA) is 87.3 Å². The Hall–Kier alpha value is -2.28. The lowest BCUT2D eigenvalue weighted by Crippen LogP contribution is -2.13. The molecule has 1 aromatic heterocycles. The van der Waals surface area contributed by atoms with E-state index in [0.29, 0.717) is 10.8 Å². The first kappa shape index (κ1) is 12.7. The Morgan fingerprint density at radius 3 is 2.80 bits per heavy atom. The third kappa shape index (κ3) is 2.67. The van der Waals surface area contributed by atoms with Crippen molar-refractivity contribution >= 4 is 17.7 Å². The first-order chi connectivity index (χ1) is 9.72. The smallest absolute Gasteiger partial charge is 0.231 e. The molecule has 1 amide bonds. The number of primary amides is 1. The molecule has 2 aromatic rings. The van der Waals surface area contributed by atoms with Gasteiger partial charge in [-0.25, -0.2) is 0 Å². The molecular formula is C13H11N3O3S. The maximum atomic E-state index is 10.7. The summed E-state index contributed by atoms with van der Waals surface area (Å²) in [7, 11) is 0. The highest BCUT2D eigenvalue weighted by molar-refractivity contribution is 7.99. The third-order valence-electron chi connectivity index (χ3n) is 2.67. The minimum absolute atomic E-state index is 0.193. The molecule has 0 aliphatic carbocycles. The Labute approximate surface area is 119 Å². The number of nitrogens with two attached hydrogens (primary N) is 1. The van der Waals surface area contributed by atoms with Gasteiger partial charge >= 0.3 is 0 Å². The number of nitrogens with zero attached hydrogens (tertiary/aromatic N) is 2. The maximum absolute atomic E-state index is 10.7. The third-order valence-corrected chi connectivity index (χ3v) is 3.61. The van der Waals surface area contributed by atoms with Crippen LogP contribution < -0.4 is 15.2 Å². The maximum Gasteiger partial charge on any atom is 0.231 e. The van der Waals surface area contributed by atoms with Crippen LogP contribution >= 0.6 is 11.8 Å². The second kappa shape index (κ2) is 5.38. The summed E-state index contributed by atoms with van der Waals surface area (Å²) in [5, 5.41) is 8.85. The van der Waals surface area contributed by atoms with E-state index in [-0.39, 0.29) is 18.5 Å². The van der Waals surface area contributed by atoms with E-state index in [9.17, 15) is 4.79 Å². The van der Waals surface area contributed by atoms with E-state index in [4.69, 9.17) is 15.2 Å². The van der Waals surface area contributed by atoms with Crippen LogP contribution in [0.25, 0.3) is 11.3 Å². The molecule has 7 heteroatoms. The summed E-state index contributed by atoms with van der Waals surface area (Å²) >= 11 is 1.26. The molecule has 3 rings (SSSR count). The molecule has 0 saturated heterocycles. The number of fused-ring (bicyclic) bond motifs is 1. The average Bonchev–Trinajstić information content (AvgIpc) is 2.93. The van der Waals surface area contributed by atoms with E-state index >= 15 is 0 Å². The number of aromatic nitrogens is 2. The van der Waals surface area contributed by atoms with Crippen LogP contribution in [0.5, 0.6) is 11.5 Å². The largest absolute Gasteiger partial charge is 0.454 e. The van der Waals surface area contributed by atoms with Crippen LogP contribution in [0.2, 0.25) is 0 Å². The summed E-state index contributed by atoms with van der Waals surface area (Å²) in [5.41, 5.74) is 6.70. The highest BCUT2D eigenvalue weighted by atomic mass is 32.2. The first-order valence-electron chi connectivity index (χ1n) is 5.87. The molecule has 2 heterocycles. The molecule has 1 aliphatic rings. The van der Waals surface area contributed by atoms with E-state index in [2.05, 4.69) is 10.2 Å². The summed E-state index contributed by atoms with van der Waals surface area (Å²) < 4.78 is 10.6. The first-order valence-corrected chi connectivity index (χ1v) is 6.86. The summed E-state index contributed by atoms with van der Waals surface area (Å²) in [6.45, 7) is 0.243. The van der Waals surface area contributed by atoms with Crippen LogP contribution in [0, 0.1) is 0 Å². The molecular weight excluding hydrogens is 278 g/mol. The van der Waals surface area contributed by atoms with E-state index in [1.54, 1.807) is 6.07 Å². The number of carbonyl (C=O) groups excluding carboxylic acids is 1. The molecule has 0 atom stereocenters. The minimum Gasteiger partial charge on any atom is -0.454 e. The van der Waals surface area contributed by atoms with Crippen molar-refractivity contribution in [2.75, 3.05) is 12.5 Å². The monoisotopic (exact) mass is 289 g/mol. The van der Waals surface area contributed by atoms with Gasteiger partial charge in [-0.15, -0.1) is 10.2 Å². The highest BCUT2D eigenvalue weighted by Gasteiger charge is 2.14. The number of carbonyl (C=O) groups is 1. The number of benzene rings is 1. The molecule has 1 aromatic carbocycles. The van der Waals surface area contributed by atoms with E-state index < -0.39 is 0 Å². The fraction of sp³-hybridized carbons (Fsp3) is 0.154. The Balaban J connectivity index is 1.79. The number of hydrogen-bond acceptors (Lipinski definition) is 6.